The van der Waals surface area contributed by atoms with E-state index in [1.165, 1.54) is 0 Å². The third-order valence-electron chi connectivity index (χ3n) is 6.30. The van der Waals surface area contributed by atoms with E-state index in [0.29, 0.717) is 24.7 Å². The van der Waals surface area contributed by atoms with Gasteiger partial charge >= 0.3 is 0 Å². The molecule has 0 saturated heterocycles. The molecule has 1 aliphatic rings. The zero-order valence-electron chi connectivity index (χ0n) is 21.6. The lowest BCUT2D eigenvalue weighted by molar-refractivity contribution is 0.175. The Bertz CT molecular complexity index is 1450. The average Bonchev–Trinajstić information content (AvgIpc) is 3.42. The fraction of sp³-hybridized carbons (Fsp3) is 0.233. The first-order valence-corrected chi connectivity index (χ1v) is 12.2. The van der Waals surface area contributed by atoms with Crippen molar-refractivity contribution in [1.29, 1.82) is 0 Å². The number of oxime groups is 1. The van der Waals surface area contributed by atoms with Crippen LogP contribution in [0.2, 0.25) is 0 Å². The maximum absolute atomic E-state index is 6.02. The van der Waals surface area contributed by atoms with Crippen LogP contribution in [0.5, 0.6) is 17.2 Å². The Hall–Kier alpha value is -4.23. The van der Waals surface area contributed by atoms with Crippen molar-refractivity contribution < 1.29 is 19.0 Å². The van der Waals surface area contributed by atoms with Crippen molar-refractivity contribution in [2.24, 2.45) is 5.16 Å². The lowest BCUT2D eigenvalue weighted by Gasteiger charge is -2.12. The second kappa shape index (κ2) is 10.8. The molecule has 0 aliphatic heterocycles. The van der Waals surface area contributed by atoms with Crippen molar-refractivity contribution in [3.8, 4) is 28.5 Å². The second-order valence-corrected chi connectivity index (χ2v) is 9.04. The van der Waals surface area contributed by atoms with Crippen LogP contribution in [0.3, 0.4) is 0 Å². The topological polar surface area (TPSA) is 68.3 Å². The molecule has 0 radical (unpaired) electrons. The average molecular weight is 498 g/mol. The summed E-state index contributed by atoms with van der Waals surface area (Å²) in [7, 11) is 7.33. The second-order valence-electron chi connectivity index (χ2n) is 9.04. The number of fused-ring (bicyclic) bond motifs is 5. The molecule has 1 N–H and O–H groups in total. The highest BCUT2D eigenvalue weighted by Gasteiger charge is 2.32. The molecule has 190 valence electrons. The number of aromatic amines is 1. The fourth-order valence-electron chi connectivity index (χ4n) is 4.46. The van der Waals surface area contributed by atoms with E-state index in [0.717, 1.165) is 56.9 Å². The van der Waals surface area contributed by atoms with Gasteiger partial charge in [0.05, 0.1) is 19.9 Å². The number of methoxy groups -OCH3 is 2. The SMILES string of the molecule is COc1cc2c(cc1OC)-c1[nH]c3ccc(OCCN(C)C)cc3c1/C2=N\OC/C=C/c1ccccc1. The van der Waals surface area contributed by atoms with Gasteiger partial charge in [0.1, 0.15) is 24.7 Å². The molecular formula is C30H31N3O4. The molecule has 0 unspecified atom stereocenters. The number of rotatable bonds is 10. The molecule has 1 aliphatic carbocycles. The monoisotopic (exact) mass is 497 g/mol. The van der Waals surface area contributed by atoms with E-state index in [-0.39, 0.29) is 0 Å². The summed E-state index contributed by atoms with van der Waals surface area (Å²) in [6, 6.07) is 20.1. The molecular weight excluding hydrogens is 466 g/mol. The van der Waals surface area contributed by atoms with E-state index in [1.54, 1.807) is 14.2 Å². The van der Waals surface area contributed by atoms with Gasteiger partial charge in [-0.1, -0.05) is 41.6 Å². The number of hydrogen-bond acceptors (Lipinski definition) is 6. The third-order valence-corrected chi connectivity index (χ3v) is 6.30. The summed E-state index contributed by atoms with van der Waals surface area (Å²) < 4.78 is 17.2. The molecule has 0 bridgehead atoms. The molecule has 37 heavy (non-hydrogen) atoms. The zero-order valence-corrected chi connectivity index (χ0v) is 21.6. The number of nitrogens with zero attached hydrogens (tertiary/aromatic N) is 2. The van der Waals surface area contributed by atoms with E-state index in [9.17, 15) is 0 Å². The molecule has 0 atom stereocenters. The van der Waals surface area contributed by atoms with Crippen LogP contribution >= 0.6 is 0 Å². The van der Waals surface area contributed by atoms with E-state index in [2.05, 4.69) is 21.1 Å². The van der Waals surface area contributed by atoms with Gasteiger partial charge in [-0.25, -0.2) is 0 Å². The number of ether oxygens (including phenoxy) is 3. The number of H-pyrrole nitrogens is 1. The molecule has 7 heteroatoms. The van der Waals surface area contributed by atoms with Crippen LogP contribution in [0, 0.1) is 0 Å². The Morgan fingerprint density at radius 2 is 1.68 bits per heavy atom. The van der Waals surface area contributed by atoms with Gasteiger partial charge in [0.25, 0.3) is 0 Å². The highest BCUT2D eigenvalue weighted by molar-refractivity contribution is 6.30. The largest absolute Gasteiger partial charge is 0.493 e. The van der Waals surface area contributed by atoms with E-state index in [1.807, 2.05) is 80.8 Å². The van der Waals surface area contributed by atoms with Gasteiger partial charge in [-0.15, -0.1) is 0 Å². The van der Waals surface area contributed by atoms with Gasteiger partial charge in [0.15, 0.2) is 11.5 Å². The Morgan fingerprint density at radius 1 is 0.919 bits per heavy atom. The molecule has 1 heterocycles. The zero-order chi connectivity index (χ0) is 25.8. The maximum Gasteiger partial charge on any atom is 0.161 e. The van der Waals surface area contributed by atoms with Gasteiger partial charge in [-0.3, -0.25) is 0 Å². The van der Waals surface area contributed by atoms with E-state index >= 15 is 0 Å². The van der Waals surface area contributed by atoms with E-state index < -0.39 is 0 Å². The summed E-state index contributed by atoms with van der Waals surface area (Å²) in [5, 5.41) is 5.63. The summed E-state index contributed by atoms with van der Waals surface area (Å²) in [4.78, 5) is 11.5. The lowest BCUT2D eigenvalue weighted by atomic mass is 10.1. The normalized spacial score (nSPS) is 13.4. The van der Waals surface area contributed by atoms with Crippen molar-refractivity contribution in [1.82, 2.24) is 9.88 Å². The molecule has 3 aromatic carbocycles. The number of nitrogens with one attached hydrogen (secondary N) is 1. The van der Waals surface area contributed by atoms with Crippen LogP contribution in [-0.4, -0.2) is 63.7 Å². The third kappa shape index (κ3) is 5.04. The van der Waals surface area contributed by atoms with Crippen molar-refractivity contribution in [2.45, 2.75) is 0 Å². The molecule has 0 spiro atoms. The van der Waals surface area contributed by atoms with Gasteiger partial charge in [0.2, 0.25) is 0 Å². The minimum absolute atomic E-state index is 0.345. The maximum atomic E-state index is 6.02. The van der Waals surface area contributed by atoms with Crippen LogP contribution in [0.25, 0.3) is 28.2 Å². The van der Waals surface area contributed by atoms with Crippen molar-refractivity contribution in [2.75, 3.05) is 48.1 Å². The standard InChI is InChI=1S/C30H31N3O4/c1-33(2)14-16-36-21-12-13-25-24(17-21)28-29(31-25)22-18-26(34-3)27(35-4)19-23(22)30(28)32-37-15-8-11-20-9-6-5-7-10-20/h5-13,17-19,31H,14-16H2,1-4H3/b11-8+,32-30-. The van der Waals surface area contributed by atoms with Crippen LogP contribution < -0.4 is 14.2 Å². The summed E-state index contributed by atoms with van der Waals surface area (Å²) in [5.41, 5.74) is 6.72. The minimum atomic E-state index is 0.345. The first-order valence-electron chi connectivity index (χ1n) is 12.2. The van der Waals surface area contributed by atoms with Gasteiger partial charge in [-0.2, -0.15) is 0 Å². The summed E-state index contributed by atoms with van der Waals surface area (Å²) in [6.07, 6.45) is 3.97. The van der Waals surface area contributed by atoms with Crippen molar-refractivity contribution in [3.05, 3.63) is 83.4 Å². The number of hydrogen-bond donors (Lipinski definition) is 1. The molecule has 7 nitrogen and oxygen atoms in total. The Morgan fingerprint density at radius 3 is 2.41 bits per heavy atom. The predicted octanol–water partition coefficient (Wildman–Crippen LogP) is 5.59. The van der Waals surface area contributed by atoms with Gasteiger partial charge in [0, 0.05) is 34.1 Å². The number of aromatic nitrogens is 1. The first-order chi connectivity index (χ1) is 18.1. The van der Waals surface area contributed by atoms with Gasteiger partial charge < -0.3 is 28.9 Å². The van der Waals surface area contributed by atoms with Crippen LogP contribution in [-0.2, 0) is 4.84 Å². The fourth-order valence-corrected chi connectivity index (χ4v) is 4.46. The van der Waals surface area contributed by atoms with Crippen LogP contribution in [0.4, 0.5) is 0 Å². The predicted molar refractivity (Wildman–Crippen MR) is 148 cm³/mol. The van der Waals surface area contributed by atoms with Crippen LogP contribution in [0.15, 0.2) is 71.9 Å². The highest BCUT2D eigenvalue weighted by atomic mass is 16.6. The Kier molecular flexibility index (Phi) is 7.14. The Labute approximate surface area is 216 Å². The Balaban J connectivity index is 1.51. The van der Waals surface area contributed by atoms with E-state index in [4.69, 9.17) is 19.0 Å². The van der Waals surface area contributed by atoms with Gasteiger partial charge in [-0.05, 0) is 56.1 Å². The van der Waals surface area contributed by atoms with Crippen LogP contribution in [0.1, 0.15) is 16.7 Å². The summed E-state index contributed by atoms with van der Waals surface area (Å²) in [6.45, 7) is 1.79. The quantitative estimate of drug-likeness (QED) is 0.201. The molecule has 0 fully saturated rings. The summed E-state index contributed by atoms with van der Waals surface area (Å²) in [5.74, 6) is 2.11. The minimum Gasteiger partial charge on any atom is -0.493 e. The highest BCUT2D eigenvalue weighted by Crippen LogP contribution is 2.46. The van der Waals surface area contributed by atoms with Crippen molar-refractivity contribution >= 4 is 22.7 Å². The number of likely N-dealkylation sites (N-methyl/N-ethyl adjacent to an activating group) is 1. The molecule has 4 aromatic rings. The lowest BCUT2D eigenvalue weighted by Crippen LogP contribution is -2.19. The molecule has 0 amide bonds. The smallest absolute Gasteiger partial charge is 0.161 e. The number of benzene rings is 3. The summed E-state index contributed by atoms with van der Waals surface area (Å²) >= 11 is 0. The molecule has 5 rings (SSSR count). The van der Waals surface area contributed by atoms with Crippen molar-refractivity contribution in [3.63, 3.8) is 0 Å². The first kappa shape index (κ1) is 24.5. The molecule has 0 saturated carbocycles. The molecule has 1 aromatic heterocycles.